The molecule has 3 unspecified atom stereocenters. The number of halogens is 1. The minimum Gasteiger partial charge on any atom is -0.396 e. The number of aliphatic hydroxyl groups excluding tert-OH is 2. The van der Waals surface area contributed by atoms with Crippen LogP contribution in [0.2, 0.25) is 0 Å². The Bertz CT molecular complexity index is 661. The summed E-state index contributed by atoms with van der Waals surface area (Å²) < 4.78 is 3.03. The summed E-state index contributed by atoms with van der Waals surface area (Å²) in [6, 6.07) is -0.423. The maximum atomic E-state index is 11.9. The molecule has 1 fully saturated rings. The number of hydrogen-bond donors (Lipinski definition) is 3. The standard InChI is InChI=1S/C13H15IN2O4/c1-7-9(6-17)11(18)4-10(7)16-5-8(2-3-14)12(19)15-13(16)20/h2-3,5,9-11,17-18H,1,4,6H2,(H,15,19,20). The maximum absolute atomic E-state index is 11.9. The zero-order valence-corrected chi connectivity index (χ0v) is 12.8. The molecule has 1 aliphatic rings. The second kappa shape index (κ2) is 6.06. The molecule has 1 heterocycles. The van der Waals surface area contributed by atoms with Crippen LogP contribution in [0.3, 0.4) is 0 Å². The minimum atomic E-state index is -0.736. The van der Waals surface area contributed by atoms with Crippen LogP contribution in [-0.4, -0.2) is 32.5 Å². The molecule has 108 valence electrons. The smallest absolute Gasteiger partial charge is 0.328 e. The number of aromatic amines is 1. The van der Waals surface area contributed by atoms with Gasteiger partial charge < -0.3 is 10.2 Å². The van der Waals surface area contributed by atoms with Crippen molar-refractivity contribution in [3.8, 4) is 0 Å². The Morgan fingerprint density at radius 3 is 2.80 bits per heavy atom. The average molecular weight is 390 g/mol. The molecule has 1 aromatic rings. The van der Waals surface area contributed by atoms with Crippen LogP contribution in [0.25, 0.3) is 6.08 Å². The molecule has 0 spiro atoms. The van der Waals surface area contributed by atoms with Crippen LogP contribution in [0.15, 0.2) is 32.0 Å². The van der Waals surface area contributed by atoms with Crippen molar-refractivity contribution in [3.05, 3.63) is 48.8 Å². The van der Waals surface area contributed by atoms with Gasteiger partial charge in [-0.25, -0.2) is 4.79 Å². The Morgan fingerprint density at radius 1 is 1.55 bits per heavy atom. The lowest BCUT2D eigenvalue weighted by Gasteiger charge is -2.16. The Balaban J connectivity index is 2.49. The van der Waals surface area contributed by atoms with Gasteiger partial charge in [0.25, 0.3) is 5.56 Å². The second-order valence-corrected chi connectivity index (χ2v) is 5.45. The number of H-pyrrole nitrogens is 1. The zero-order valence-electron chi connectivity index (χ0n) is 10.6. The fraction of sp³-hybridized carbons (Fsp3) is 0.385. The molecule has 6 nitrogen and oxygen atoms in total. The highest BCUT2D eigenvalue weighted by Crippen LogP contribution is 2.37. The monoisotopic (exact) mass is 390 g/mol. The van der Waals surface area contributed by atoms with Gasteiger partial charge in [-0.2, -0.15) is 0 Å². The highest BCUT2D eigenvalue weighted by Gasteiger charge is 2.37. The predicted octanol–water partition coefficient (Wildman–Crippen LogP) is 0.413. The normalized spacial score (nSPS) is 26.6. The first kappa shape index (κ1) is 15.2. The molecule has 1 aromatic heterocycles. The maximum Gasteiger partial charge on any atom is 0.328 e. The fourth-order valence-corrected chi connectivity index (χ4v) is 2.88. The zero-order chi connectivity index (χ0) is 14.9. The van der Waals surface area contributed by atoms with E-state index in [0.717, 1.165) is 0 Å². The van der Waals surface area contributed by atoms with Gasteiger partial charge in [-0.15, -0.1) is 0 Å². The third-order valence-electron chi connectivity index (χ3n) is 3.60. The van der Waals surface area contributed by atoms with Crippen LogP contribution in [0, 0.1) is 5.92 Å². The van der Waals surface area contributed by atoms with Crippen molar-refractivity contribution in [2.45, 2.75) is 18.6 Å². The van der Waals surface area contributed by atoms with E-state index in [1.165, 1.54) is 10.8 Å². The first-order valence-corrected chi connectivity index (χ1v) is 7.34. The van der Waals surface area contributed by atoms with Crippen molar-refractivity contribution < 1.29 is 10.2 Å². The van der Waals surface area contributed by atoms with E-state index in [-0.39, 0.29) is 6.61 Å². The SMILES string of the molecule is C=C1C(CO)C(O)CC1n1cc(C=CI)c(=O)[nH]c1=O. The van der Waals surface area contributed by atoms with Gasteiger partial charge in [0.1, 0.15) is 0 Å². The van der Waals surface area contributed by atoms with E-state index in [0.29, 0.717) is 17.6 Å². The molecule has 0 bridgehead atoms. The number of hydrogen-bond acceptors (Lipinski definition) is 4. The lowest BCUT2D eigenvalue weighted by atomic mass is 10.0. The summed E-state index contributed by atoms with van der Waals surface area (Å²) in [5, 5.41) is 19.1. The molecule has 3 N–H and O–H groups in total. The number of aromatic nitrogens is 2. The van der Waals surface area contributed by atoms with Crippen LogP contribution in [0.1, 0.15) is 18.0 Å². The van der Waals surface area contributed by atoms with E-state index in [4.69, 9.17) is 0 Å². The molecule has 20 heavy (non-hydrogen) atoms. The van der Waals surface area contributed by atoms with Gasteiger partial charge in [-0.05, 0) is 22.2 Å². The lowest BCUT2D eigenvalue weighted by Crippen LogP contribution is -2.33. The topological polar surface area (TPSA) is 95.3 Å². The third kappa shape index (κ3) is 2.65. The van der Waals surface area contributed by atoms with Crippen molar-refractivity contribution >= 4 is 28.7 Å². The second-order valence-electron chi connectivity index (χ2n) is 4.73. The first-order valence-electron chi connectivity index (χ1n) is 6.09. The summed E-state index contributed by atoms with van der Waals surface area (Å²) in [5.74, 6) is -0.442. The summed E-state index contributed by atoms with van der Waals surface area (Å²) in [7, 11) is 0. The molecular formula is C13H15IN2O4. The first-order chi connectivity index (χ1) is 9.49. The summed E-state index contributed by atoms with van der Waals surface area (Å²) in [6.45, 7) is 3.65. The number of rotatable bonds is 3. The molecule has 1 saturated carbocycles. The molecular weight excluding hydrogens is 375 g/mol. The third-order valence-corrected chi connectivity index (χ3v) is 3.96. The Hall–Kier alpha value is -1.19. The highest BCUT2D eigenvalue weighted by atomic mass is 127. The van der Waals surface area contributed by atoms with Crippen LogP contribution in [0.5, 0.6) is 0 Å². The molecule has 0 saturated heterocycles. The molecule has 0 aliphatic heterocycles. The Morgan fingerprint density at radius 2 is 2.25 bits per heavy atom. The number of aliphatic hydroxyl groups is 2. The van der Waals surface area contributed by atoms with Gasteiger partial charge >= 0.3 is 5.69 Å². The molecule has 0 radical (unpaired) electrons. The Labute approximate surface area is 128 Å². The highest BCUT2D eigenvalue weighted by molar-refractivity contribution is 14.1. The minimum absolute atomic E-state index is 0.213. The van der Waals surface area contributed by atoms with Gasteiger partial charge in [-0.3, -0.25) is 14.3 Å². The molecule has 2 rings (SSSR count). The molecule has 0 aromatic carbocycles. The van der Waals surface area contributed by atoms with E-state index in [2.05, 4.69) is 11.6 Å². The molecule has 1 aliphatic carbocycles. The van der Waals surface area contributed by atoms with Crippen LogP contribution in [-0.2, 0) is 0 Å². The van der Waals surface area contributed by atoms with Gasteiger partial charge in [0.15, 0.2) is 0 Å². The number of nitrogens with one attached hydrogen (secondary N) is 1. The van der Waals surface area contributed by atoms with E-state index < -0.39 is 29.3 Å². The molecule has 7 heteroatoms. The van der Waals surface area contributed by atoms with Crippen LogP contribution < -0.4 is 11.2 Å². The van der Waals surface area contributed by atoms with Crippen molar-refractivity contribution in [1.29, 1.82) is 0 Å². The molecule has 3 atom stereocenters. The van der Waals surface area contributed by atoms with Crippen LogP contribution >= 0.6 is 22.6 Å². The predicted molar refractivity (Wildman–Crippen MR) is 83.8 cm³/mol. The van der Waals surface area contributed by atoms with E-state index in [1.54, 1.807) is 10.2 Å². The van der Waals surface area contributed by atoms with E-state index in [1.807, 2.05) is 22.6 Å². The number of nitrogens with zero attached hydrogens (tertiary/aromatic N) is 1. The largest absolute Gasteiger partial charge is 0.396 e. The van der Waals surface area contributed by atoms with Crippen molar-refractivity contribution in [2.75, 3.05) is 6.61 Å². The van der Waals surface area contributed by atoms with Crippen molar-refractivity contribution in [1.82, 2.24) is 9.55 Å². The van der Waals surface area contributed by atoms with Crippen molar-refractivity contribution in [2.24, 2.45) is 5.92 Å². The lowest BCUT2D eigenvalue weighted by molar-refractivity contribution is 0.101. The van der Waals surface area contributed by atoms with E-state index >= 15 is 0 Å². The van der Waals surface area contributed by atoms with Gasteiger partial charge in [-0.1, -0.05) is 29.2 Å². The molecule has 0 amide bonds. The summed E-state index contributed by atoms with van der Waals surface area (Å²) in [4.78, 5) is 25.8. The van der Waals surface area contributed by atoms with Crippen molar-refractivity contribution in [3.63, 3.8) is 0 Å². The Kier molecular flexibility index (Phi) is 4.61. The quantitative estimate of drug-likeness (QED) is 0.515. The average Bonchev–Trinajstić information content (AvgIpc) is 2.68. The van der Waals surface area contributed by atoms with Gasteiger partial charge in [0.2, 0.25) is 0 Å². The van der Waals surface area contributed by atoms with E-state index in [9.17, 15) is 19.8 Å². The fourth-order valence-electron chi connectivity index (χ4n) is 2.49. The van der Waals surface area contributed by atoms with Crippen LogP contribution in [0.4, 0.5) is 0 Å². The van der Waals surface area contributed by atoms with Gasteiger partial charge in [0, 0.05) is 12.1 Å². The van der Waals surface area contributed by atoms with Gasteiger partial charge in [0.05, 0.1) is 24.3 Å². The summed E-state index contributed by atoms with van der Waals surface area (Å²) in [5.41, 5.74) is -0.0492. The summed E-state index contributed by atoms with van der Waals surface area (Å²) in [6.07, 6.45) is 2.61. The summed E-state index contributed by atoms with van der Waals surface area (Å²) >= 11 is 1.98.